The smallest absolute Gasteiger partial charge is 0.0274 e. The molecule has 1 aliphatic rings. The Hall–Kier alpha value is -0.0800. The van der Waals surface area contributed by atoms with Crippen LogP contribution < -0.4 is 5.32 Å². The van der Waals surface area contributed by atoms with Gasteiger partial charge < -0.3 is 10.2 Å². The molecule has 0 amide bonds. The molecule has 1 aliphatic carbocycles. The quantitative estimate of drug-likeness (QED) is 0.687. The van der Waals surface area contributed by atoms with E-state index in [2.05, 4.69) is 45.0 Å². The van der Waals surface area contributed by atoms with Crippen molar-refractivity contribution in [2.45, 2.75) is 71.9 Å². The van der Waals surface area contributed by atoms with Gasteiger partial charge in [-0.3, -0.25) is 0 Å². The van der Waals surface area contributed by atoms with Crippen molar-refractivity contribution < 1.29 is 0 Å². The van der Waals surface area contributed by atoms with Gasteiger partial charge in [-0.05, 0) is 44.8 Å². The third kappa shape index (κ3) is 3.96. The maximum absolute atomic E-state index is 3.71. The zero-order chi connectivity index (χ0) is 12.9. The predicted octanol–water partition coefficient (Wildman–Crippen LogP) is 3.28. The molecule has 102 valence electrons. The minimum atomic E-state index is 0.458. The van der Waals surface area contributed by atoms with Crippen molar-refractivity contribution in [3.8, 4) is 0 Å². The standard InChI is InChI=1S/C15H32N2/c1-6-8-9-12-17(5)13-10-11-15(3,4)14(13)16-7-2/h13-14,16H,6-12H2,1-5H3. The van der Waals surface area contributed by atoms with E-state index in [1.807, 2.05) is 0 Å². The second-order valence-electron chi connectivity index (χ2n) is 6.32. The van der Waals surface area contributed by atoms with Gasteiger partial charge in [-0.25, -0.2) is 0 Å². The highest BCUT2D eigenvalue weighted by molar-refractivity contribution is 5.00. The van der Waals surface area contributed by atoms with Crippen molar-refractivity contribution in [2.75, 3.05) is 20.1 Å². The summed E-state index contributed by atoms with van der Waals surface area (Å²) in [4.78, 5) is 2.59. The largest absolute Gasteiger partial charge is 0.312 e. The fraction of sp³-hybridized carbons (Fsp3) is 1.00. The maximum Gasteiger partial charge on any atom is 0.0274 e. The minimum Gasteiger partial charge on any atom is -0.312 e. The monoisotopic (exact) mass is 240 g/mol. The van der Waals surface area contributed by atoms with Crippen molar-refractivity contribution in [2.24, 2.45) is 5.41 Å². The molecular weight excluding hydrogens is 208 g/mol. The number of unbranched alkanes of at least 4 members (excludes halogenated alkanes) is 2. The zero-order valence-corrected chi connectivity index (χ0v) is 12.6. The molecular formula is C15H32N2. The maximum atomic E-state index is 3.71. The normalized spacial score (nSPS) is 27.9. The minimum absolute atomic E-state index is 0.458. The van der Waals surface area contributed by atoms with Gasteiger partial charge in [0.2, 0.25) is 0 Å². The van der Waals surface area contributed by atoms with Crippen LogP contribution in [0, 0.1) is 5.41 Å². The van der Waals surface area contributed by atoms with Crippen LogP contribution in [0.4, 0.5) is 0 Å². The first-order chi connectivity index (χ1) is 8.03. The van der Waals surface area contributed by atoms with Gasteiger partial charge in [-0.2, -0.15) is 0 Å². The Bertz CT molecular complexity index is 213. The Balaban J connectivity index is 2.50. The first-order valence-corrected chi connectivity index (χ1v) is 7.46. The van der Waals surface area contributed by atoms with Gasteiger partial charge >= 0.3 is 0 Å². The molecule has 1 N–H and O–H groups in total. The molecule has 0 bridgehead atoms. The van der Waals surface area contributed by atoms with Crippen molar-refractivity contribution in [3.05, 3.63) is 0 Å². The molecule has 1 fully saturated rings. The van der Waals surface area contributed by atoms with E-state index < -0.39 is 0 Å². The molecule has 0 spiro atoms. The fourth-order valence-corrected chi connectivity index (χ4v) is 3.25. The Morgan fingerprint density at radius 2 is 1.94 bits per heavy atom. The molecule has 2 unspecified atom stereocenters. The number of hydrogen-bond acceptors (Lipinski definition) is 2. The molecule has 0 aromatic rings. The highest BCUT2D eigenvalue weighted by atomic mass is 15.2. The van der Waals surface area contributed by atoms with Gasteiger partial charge in [-0.1, -0.05) is 40.5 Å². The van der Waals surface area contributed by atoms with Crippen molar-refractivity contribution in [1.29, 1.82) is 0 Å². The molecule has 0 heterocycles. The zero-order valence-electron chi connectivity index (χ0n) is 12.6. The van der Waals surface area contributed by atoms with E-state index in [1.165, 1.54) is 38.6 Å². The summed E-state index contributed by atoms with van der Waals surface area (Å²) in [6.07, 6.45) is 6.75. The van der Waals surface area contributed by atoms with Crippen molar-refractivity contribution in [1.82, 2.24) is 10.2 Å². The lowest BCUT2D eigenvalue weighted by Gasteiger charge is -2.36. The van der Waals surface area contributed by atoms with Crippen LogP contribution >= 0.6 is 0 Å². The summed E-state index contributed by atoms with van der Waals surface area (Å²) < 4.78 is 0. The Kier molecular flexibility index (Phi) is 5.94. The van der Waals surface area contributed by atoms with E-state index in [0.29, 0.717) is 11.5 Å². The summed E-state index contributed by atoms with van der Waals surface area (Å²) >= 11 is 0. The molecule has 1 rings (SSSR count). The van der Waals surface area contributed by atoms with Gasteiger partial charge in [-0.15, -0.1) is 0 Å². The first kappa shape index (κ1) is 15.0. The van der Waals surface area contributed by atoms with Crippen LogP contribution in [0.25, 0.3) is 0 Å². The molecule has 0 aromatic carbocycles. The summed E-state index contributed by atoms with van der Waals surface area (Å²) in [5.74, 6) is 0. The average Bonchev–Trinajstić information content (AvgIpc) is 2.56. The van der Waals surface area contributed by atoms with Crippen LogP contribution in [0.2, 0.25) is 0 Å². The summed E-state index contributed by atoms with van der Waals surface area (Å²) in [6, 6.07) is 1.40. The fourth-order valence-electron chi connectivity index (χ4n) is 3.25. The van der Waals surface area contributed by atoms with Crippen LogP contribution in [-0.4, -0.2) is 37.1 Å². The van der Waals surface area contributed by atoms with Gasteiger partial charge in [0.25, 0.3) is 0 Å². The van der Waals surface area contributed by atoms with Crippen LogP contribution in [0.3, 0.4) is 0 Å². The topological polar surface area (TPSA) is 15.3 Å². The average molecular weight is 240 g/mol. The predicted molar refractivity (Wildman–Crippen MR) is 76.4 cm³/mol. The summed E-state index contributed by atoms with van der Waals surface area (Å²) in [6.45, 7) is 11.7. The molecule has 17 heavy (non-hydrogen) atoms. The molecule has 0 saturated heterocycles. The third-order valence-electron chi connectivity index (χ3n) is 4.42. The number of hydrogen-bond donors (Lipinski definition) is 1. The van der Waals surface area contributed by atoms with E-state index in [9.17, 15) is 0 Å². The van der Waals surface area contributed by atoms with E-state index in [0.717, 1.165) is 12.6 Å². The summed E-state index contributed by atoms with van der Waals surface area (Å²) in [7, 11) is 2.31. The van der Waals surface area contributed by atoms with Gasteiger partial charge in [0.05, 0.1) is 0 Å². The van der Waals surface area contributed by atoms with Crippen LogP contribution in [0.15, 0.2) is 0 Å². The lowest BCUT2D eigenvalue weighted by atomic mass is 9.86. The number of likely N-dealkylation sites (N-methyl/N-ethyl adjacent to an activating group) is 2. The second kappa shape index (κ2) is 6.75. The molecule has 2 heteroatoms. The van der Waals surface area contributed by atoms with Crippen LogP contribution in [0.1, 0.15) is 59.8 Å². The van der Waals surface area contributed by atoms with Crippen molar-refractivity contribution in [3.63, 3.8) is 0 Å². The lowest BCUT2D eigenvalue weighted by molar-refractivity contribution is 0.170. The molecule has 2 nitrogen and oxygen atoms in total. The van der Waals surface area contributed by atoms with Crippen molar-refractivity contribution >= 4 is 0 Å². The second-order valence-corrected chi connectivity index (χ2v) is 6.32. The molecule has 0 radical (unpaired) electrons. The van der Waals surface area contributed by atoms with E-state index in [4.69, 9.17) is 0 Å². The summed E-state index contributed by atoms with van der Waals surface area (Å²) in [5, 5.41) is 3.71. The van der Waals surface area contributed by atoms with Crippen LogP contribution in [-0.2, 0) is 0 Å². The van der Waals surface area contributed by atoms with E-state index in [-0.39, 0.29) is 0 Å². The van der Waals surface area contributed by atoms with Crippen LogP contribution in [0.5, 0.6) is 0 Å². The van der Waals surface area contributed by atoms with Gasteiger partial charge in [0.15, 0.2) is 0 Å². The van der Waals surface area contributed by atoms with Gasteiger partial charge in [0, 0.05) is 12.1 Å². The van der Waals surface area contributed by atoms with Gasteiger partial charge in [0.1, 0.15) is 0 Å². The molecule has 1 saturated carbocycles. The Morgan fingerprint density at radius 3 is 2.53 bits per heavy atom. The lowest BCUT2D eigenvalue weighted by Crippen LogP contribution is -2.50. The highest BCUT2D eigenvalue weighted by Gasteiger charge is 2.42. The van der Waals surface area contributed by atoms with E-state index in [1.54, 1.807) is 0 Å². The molecule has 0 aromatic heterocycles. The first-order valence-electron chi connectivity index (χ1n) is 7.46. The number of rotatable bonds is 7. The summed E-state index contributed by atoms with van der Waals surface area (Å²) in [5.41, 5.74) is 0.458. The molecule has 0 aliphatic heterocycles. The highest BCUT2D eigenvalue weighted by Crippen LogP contribution is 2.39. The Morgan fingerprint density at radius 1 is 1.24 bits per heavy atom. The third-order valence-corrected chi connectivity index (χ3v) is 4.42. The SMILES string of the molecule is CCCCCN(C)C1CCC(C)(C)C1NCC. The Labute approximate surface area is 108 Å². The number of nitrogens with one attached hydrogen (secondary N) is 1. The number of nitrogens with zero attached hydrogens (tertiary/aromatic N) is 1. The molecule has 2 atom stereocenters. The van der Waals surface area contributed by atoms with E-state index >= 15 is 0 Å².